The average Bonchev–Trinajstić information content (AvgIpc) is 2.88. The van der Waals surface area contributed by atoms with Gasteiger partial charge in [0, 0.05) is 11.4 Å². The molecule has 90 valence electrons. The highest BCUT2D eigenvalue weighted by Crippen LogP contribution is 2.18. The molecule has 0 aliphatic carbocycles. The molecule has 0 radical (unpaired) electrons. The number of hydrogen-bond acceptors (Lipinski definition) is 3. The van der Waals surface area contributed by atoms with Crippen LogP contribution in [-0.2, 0) is 6.54 Å². The fraction of sp³-hybridized carbons (Fsp3) is 0.692. The Morgan fingerprint density at radius 2 is 2.44 bits per heavy atom. The number of nitrogens with one attached hydrogen (secondary N) is 1. The fourth-order valence-corrected chi connectivity index (χ4v) is 3.24. The van der Waals surface area contributed by atoms with E-state index in [0.29, 0.717) is 0 Å². The molecular formula is C13H22N2S. The molecule has 2 heterocycles. The van der Waals surface area contributed by atoms with E-state index in [9.17, 15) is 0 Å². The van der Waals surface area contributed by atoms with Gasteiger partial charge in [0.15, 0.2) is 0 Å². The minimum absolute atomic E-state index is 0.909. The largest absolute Gasteiger partial charge is 0.316 e. The maximum atomic E-state index is 3.43. The first-order valence-corrected chi connectivity index (χ1v) is 7.06. The third-order valence-electron chi connectivity index (χ3n) is 3.46. The number of hydrogen-bond donors (Lipinski definition) is 1. The van der Waals surface area contributed by atoms with Crippen LogP contribution in [0.4, 0.5) is 0 Å². The lowest BCUT2D eigenvalue weighted by molar-refractivity contribution is 0.300. The van der Waals surface area contributed by atoms with E-state index in [1.165, 1.54) is 42.9 Å². The highest BCUT2D eigenvalue weighted by atomic mass is 32.1. The summed E-state index contributed by atoms with van der Waals surface area (Å²) in [6.45, 7) is 7.00. The summed E-state index contributed by atoms with van der Waals surface area (Å²) >= 11 is 1.88. The van der Waals surface area contributed by atoms with Crippen LogP contribution in [-0.4, -0.2) is 31.6 Å². The van der Waals surface area contributed by atoms with Crippen LogP contribution in [0.25, 0.3) is 0 Å². The van der Waals surface area contributed by atoms with Crippen molar-refractivity contribution in [1.29, 1.82) is 0 Å². The van der Waals surface area contributed by atoms with Crippen LogP contribution in [0.3, 0.4) is 0 Å². The van der Waals surface area contributed by atoms with Gasteiger partial charge in [0.25, 0.3) is 0 Å². The Morgan fingerprint density at radius 1 is 1.56 bits per heavy atom. The van der Waals surface area contributed by atoms with Gasteiger partial charge in [-0.25, -0.2) is 0 Å². The molecule has 1 unspecified atom stereocenters. The van der Waals surface area contributed by atoms with Gasteiger partial charge in [-0.2, -0.15) is 0 Å². The van der Waals surface area contributed by atoms with Crippen molar-refractivity contribution in [2.24, 2.45) is 5.92 Å². The molecule has 16 heavy (non-hydrogen) atoms. The molecule has 1 saturated heterocycles. The van der Waals surface area contributed by atoms with E-state index in [1.54, 1.807) is 0 Å². The second-order valence-corrected chi connectivity index (χ2v) is 5.91. The summed E-state index contributed by atoms with van der Waals surface area (Å²) < 4.78 is 0. The standard InChI is InChI=1S/C13H22N2S/c1-11-5-8-16-13(11)10-15(2)7-4-12-3-6-14-9-12/h5,8,12,14H,3-4,6-7,9-10H2,1-2H3. The molecule has 2 rings (SSSR count). The van der Waals surface area contributed by atoms with Crippen molar-refractivity contribution < 1.29 is 0 Å². The summed E-state index contributed by atoms with van der Waals surface area (Å²) in [7, 11) is 2.24. The monoisotopic (exact) mass is 238 g/mol. The Bertz CT molecular complexity index is 315. The second kappa shape index (κ2) is 5.80. The summed E-state index contributed by atoms with van der Waals surface area (Å²) in [5.74, 6) is 0.909. The lowest BCUT2D eigenvalue weighted by Crippen LogP contribution is -2.22. The molecule has 2 nitrogen and oxygen atoms in total. The SMILES string of the molecule is Cc1ccsc1CN(C)CCC1CCNC1. The minimum atomic E-state index is 0.909. The first kappa shape index (κ1) is 12.1. The lowest BCUT2D eigenvalue weighted by Gasteiger charge is -2.18. The van der Waals surface area contributed by atoms with Crippen LogP contribution in [0, 0.1) is 12.8 Å². The predicted molar refractivity (Wildman–Crippen MR) is 71.0 cm³/mol. The molecule has 0 amide bonds. The van der Waals surface area contributed by atoms with Crippen molar-refractivity contribution in [3.05, 3.63) is 21.9 Å². The van der Waals surface area contributed by atoms with Gasteiger partial charge in [-0.05, 0) is 69.4 Å². The van der Waals surface area contributed by atoms with E-state index in [2.05, 4.69) is 35.6 Å². The molecule has 1 aliphatic heterocycles. The summed E-state index contributed by atoms with van der Waals surface area (Å²) in [6.07, 6.45) is 2.71. The number of rotatable bonds is 5. The summed E-state index contributed by atoms with van der Waals surface area (Å²) in [4.78, 5) is 3.98. The molecule has 1 aromatic rings. The molecule has 1 N–H and O–H groups in total. The van der Waals surface area contributed by atoms with Crippen LogP contribution < -0.4 is 5.32 Å². The van der Waals surface area contributed by atoms with Crippen LogP contribution in [0.2, 0.25) is 0 Å². The molecule has 1 fully saturated rings. The maximum Gasteiger partial charge on any atom is 0.0327 e. The average molecular weight is 238 g/mol. The van der Waals surface area contributed by atoms with E-state index in [1.807, 2.05) is 11.3 Å². The van der Waals surface area contributed by atoms with Gasteiger partial charge in [-0.15, -0.1) is 11.3 Å². The van der Waals surface area contributed by atoms with Crippen molar-refractivity contribution in [1.82, 2.24) is 10.2 Å². The van der Waals surface area contributed by atoms with Crippen LogP contribution in [0.15, 0.2) is 11.4 Å². The highest BCUT2D eigenvalue weighted by molar-refractivity contribution is 7.10. The third-order valence-corrected chi connectivity index (χ3v) is 4.47. The number of thiophene rings is 1. The zero-order chi connectivity index (χ0) is 11.4. The molecule has 0 aromatic carbocycles. The normalized spacial score (nSPS) is 20.8. The van der Waals surface area contributed by atoms with Crippen molar-refractivity contribution in [3.63, 3.8) is 0 Å². The van der Waals surface area contributed by atoms with E-state index in [4.69, 9.17) is 0 Å². The summed E-state index contributed by atoms with van der Waals surface area (Å²) in [5.41, 5.74) is 1.44. The molecular weight excluding hydrogens is 216 g/mol. The highest BCUT2D eigenvalue weighted by Gasteiger charge is 2.15. The zero-order valence-electron chi connectivity index (χ0n) is 10.3. The Hall–Kier alpha value is -0.380. The Labute approximate surface area is 103 Å². The molecule has 0 spiro atoms. The first-order chi connectivity index (χ1) is 7.75. The van der Waals surface area contributed by atoms with Crippen LogP contribution in [0.5, 0.6) is 0 Å². The smallest absolute Gasteiger partial charge is 0.0327 e. The summed E-state index contributed by atoms with van der Waals surface area (Å²) in [5, 5.41) is 5.63. The maximum absolute atomic E-state index is 3.43. The van der Waals surface area contributed by atoms with Gasteiger partial charge in [-0.1, -0.05) is 0 Å². The van der Waals surface area contributed by atoms with E-state index in [0.717, 1.165) is 12.5 Å². The molecule has 0 bridgehead atoms. The van der Waals surface area contributed by atoms with Gasteiger partial charge in [-0.3, -0.25) is 0 Å². The van der Waals surface area contributed by atoms with Crippen molar-refractivity contribution in [2.45, 2.75) is 26.3 Å². The molecule has 0 saturated carbocycles. The van der Waals surface area contributed by atoms with Gasteiger partial charge in [0.05, 0.1) is 0 Å². The van der Waals surface area contributed by atoms with E-state index >= 15 is 0 Å². The van der Waals surface area contributed by atoms with E-state index < -0.39 is 0 Å². The summed E-state index contributed by atoms with van der Waals surface area (Å²) in [6, 6.07) is 2.22. The lowest BCUT2D eigenvalue weighted by atomic mass is 10.1. The van der Waals surface area contributed by atoms with Crippen molar-refractivity contribution >= 4 is 11.3 Å². The van der Waals surface area contributed by atoms with Crippen molar-refractivity contribution in [2.75, 3.05) is 26.7 Å². The van der Waals surface area contributed by atoms with Crippen LogP contribution in [0.1, 0.15) is 23.3 Å². The van der Waals surface area contributed by atoms with Gasteiger partial charge in [0.2, 0.25) is 0 Å². The minimum Gasteiger partial charge on any atom is -0.316 e. The topological polar surface area (TPSA) is 15.3 Å². The second-order valence-electron chi connectivity index (χ2n) is 4.91. The predicted octanol–water partition coefficient (Wildman–Crippen LogP) is 2.49. The van der Waals surface area contributed by atoms with Crippen molar-refractivity contribution in [3.8, 4) is 0 Å². The quantitative estimate of drug-likeness (QED) is 0.848. The van der Waals surface area contributed by atoms with Gasteiger partial charge in [0.1, 0.15) is 0 Å². The number of nitrogens with zero attached hydrogens (tertiary/aromatic N) is 1. The van der Waals surface area contributed by atoms with E-state index in [-0.39, 0.29) is 0 Å². The Kier molecular flexibility index (Phi) is 4.38. The zero-order valence-corrected chi connectivity index (χ0v) is 11.1. The van der Waals surface area contributed by atoms with Gasteiger partial charge < -0.3 is 10.2 Å². The number of aryl methyl sites for hydroxylation is 1. The van der Waals surface area contributed by atoms with Crippen LogP contribution >= 0.6 is 11.3 Å². The Balaban J connectivity index is 1.71. The molecule has 1 aromatic heterocycles. The Morgan fingerprint density at radius 3 is 3.06 bits per heavy atom. The van der Waals surface area contributed by atoms with Gasteiger partial charge >= 0.3 is 0 Å². The molecule has 1 aliphatic rings. The fourth-order valence-electron chi connectivity index (χ4n) is 2.25. The third kappa shape index (κ3) is 3.30. The first-order valence-electron chi connectivity index (χ1n) is 6.18. The molecule has 1 atom stereocenters. The molecule has 3 heteroatoms.